The molecule has 0 amide bonds. The first kappa shape index (κ1) is 14.3. The van der Waals surface area contributed by atoms with Crippen molar-refractivity contribution in [2.75, 3.05) is 13.7 Å². The van der Waals surface area contributed by atoms with Crippen LogP contribution in [0.5, 0.6) is 11.5 Å². The highest BCUT2D eigenvalue weighted by molar-refractivity contribution is 5.73. The third-order valence-electron chi connectivity index (χ3n) is 2.66. The number of benzene rings is 1. The van der Waals surface area contributed by atoms with E-state index >= 15 is 0 Å². The molecule has 0 radical (unpaired) electrons. The number of carbonyl (C=O) groups is 1. The van der Waals surface area contributed by atoms with Crippen molar-refractivity contribution in [2.45, 2.75) is 20.4 Å². The van der Waals surface area contributed by atoms with Crippen LogP contribution in [0.2, 0.25) is 0 Å². The molecular weight excluding hydrogens is 234 g/mol. The molecule has 5 heteroatoms. The number of nitrogens with two attached hydrogens (primary N) is 1. The maximum absolute atomic E-state index is 11.0. The summed E-state index contributed by atoms with van der Waals surface area (Å²) in [5, 5.41) is 9.00. The molecule has 0 aliphatic heterocycles. The highest BCUT2D eigenvalue weighted by Crippen LogP contribution is 2.26. The Morgan fingerprint density at radius 1 is 1.44 bits per heavy atom. The fourth-order valence-corrected chi connectivity index (χ4v) is 1.30. The van der Waals surface area contributed by atoms with Crippen molar-refractivity contribution in [2.24, 2.45) is 11.1 Å². The first-order chi connectivity index (χ1) is 8.40. The first-order valence-electron chi connectivity index (χ1n) is 5.64. The van der Waals surface area contributed by atoms with Gasteiger partial charge in [0.2, 0.25) is 0 Å². The van der Waals surface area contributed by atoms with Gasteiger partial charge in [0.05, 0.1) is 12.5 Å². The van der Waals surface area contributed by atoms with Crippen LogP contribution in [0.15, 0.2) is 18.2 Å². The van der Waals surface area contributed by atoms with E-state index < -0.39 is 11.4 Å². The van der Waals surface area contributed by atoms with Crippen LogP contribution in [-0.4, -0.2) is 24.8 Å². The van der Waals surface area contributed by atoms with Crippen LogP contribution < -0.4 is 15.2 Å². The van der Waals surface area contributed by atoms with Gasteiger partial charge < -0.3 is 20.3 Å². The summed E-state index contributed by atoms with van der Waals surface area (Å²) < 4.78 is 10.6. The van der Waals surface area contributed by atoms with Crippen LogP contribution in [0, 0.1) is 5.41 Å². The van der Waals surface area contributed by atoms with Crippen molar-refractivity contribution in [3.63, 3.8) is 0 Å². The molecule has 0 fully saturated rings. The predicted octanol–water partition coefficient (Wildman–Crippen LogP) is 1.64. The number of rotatable bonds is 6. The maximum atomic E-state index is 11.0. The third kappa shape index (κ3) is 3.37. The van der Waals surface area contributed by atoms with Crippen LogP contribution in [-0.2, 0) is 11.3 Å². The number of hydrogen-bond donors (Lipinski definition) is 2. The van der Waals surface area contributed by atoms with Crippen molar-refractivity contribution in [1.29, 1.82) is 0 Å². The van der Waals surface area contributed by atoms with Crippen molar-refractivity contribution in [3.05, 3.63) is 23.8 Å². The van der Waals surface area contributed by atoms with Gasteiger partial charge in [0.1, 0.15) is 18.1 Å². The van der Waals surface area contributed by atoms with Gasteiger partial charge in [-0.2, -0.15) is 0 Å². The topological polar surface area (TPSA) is 81.8 Å². The molecule has 0 aliphatic carbocycles. The molecule has 0 bridgehead atoms. The molecule has 18 heavy (non-hydrogen) atoms. The summed E-state index contributed by atoms with van der Waals surface area (Å²) in [6.45, 7) is 3.61. The number of hydrogen-bond acceptors (Lipinski definition) is 4. The fourth-order valence-electron chi connectivity index (χ4n) is 1.30. The van der Waals surface area contributed by atoms with Crippen LogP contribution >= 0.6 is 0 Å². The zero-order valence-electron chi connectivity index (χ0n) is 10.9. The molecule has 3 N–H and O–H groups in total. The molecule has 0 saturated heterocycles. The molecule has 5 nitrogen and oxygen atoms in total. The summed E-state index contributed by atoms with van der Waals surface area (Å²) >= 11 is 0. The Labute approximate surface area is 107 Å². The summed E-state index contributed by atoms with van der Waals surface area (Å²) in [5.74, 6) is 0.387. The number of aliphatic carboxylic acids is 1. The van der Waals surface area contributed by atoms with Gasteiger partial charge in [0.25, 0.3) is 0 Å². The SMILES string of the molecule is COc1ccc(OCC(C)(C)C(=O)O)c(CN)c1. The quantitative estimate of drug-likeness (QED) is 0.805. The monoisotopic (exact) mass is 253 g/mol. The van der Waals surface area contributed by atoms with Crippen LogP contribution in [0.1, 0.15) is 19.4 Å². The normalized spacial score (nSPS) is 11.1. The molecule has 0 heterocycles. The summed E-state index contributed by atoms with van der Waals surface area (Å²) in [7, 11) is 1.57. The van der Waals surface area contributed by atoms with Gasteiger partial charge >= 0.3 is 5.97 Å². The van der Waals surface area contributed by atoms with Crippen molar-refractivity contribution >= 4 is 5.97 Å². The Morgan fingerprint density at radius 2 is 2.11 bits per heavy atom. The lowest BCUT2D eigenvalue weighted by molar-refractivity contribution is -0.148. The lowest BCUT2D eigenvalue weighted by Crippen LogP contribution is -2.30. The van der Waals surface area contributed by atoms with Crippen molar-refractivity contribution in [3.8, 4) is 11.5 Å². The van der Waals surface area contributed by atoms with E-state index in [1.165, 1.54) is 0 Å². The third-order valence-corrected chi connectivity index (χ3v) is 2.66. The van der Waals surface area contributed by atoms with E-state index in [1.54, 1.807) is 39.2 Å². The maximum Gasteiger partial charge on any atom is 0.312 e. The van der Waals surface area contributed by atoms with Gasteiger partial charge in [-0.3, -0.25) is 4.79 Å². The number of methoxy groups -OCH3 is 1. The van der Waals surface area contributed by atoms with E-state index in [2.05, 4.69) is 0 Å². The van der Waals surface area contributed by atoms with E-state index in [0.29, 0.717) is 18.0 Å². The standard InChI is InChI=1S/C13H19NO4/c1-13(2,12(15)16)8-18-11-5-4-10(17-3)6-9(11)7-14/h4-6H,7-8,14H2,1-3H3,(H,15,16). The zero-order chi connectivity index (χ0) is 13.8. The van der Waals surface area contributed by atoms with Gasteiger partial charge in [-0.05, 0) is 32.0 Å². The highest BCUT2D eigenvalue weighted by atomic mass is 16.5. The largest absolute Gasteiger partial charge is 0.497 e. The van der Waals surface area contributed by atoms with E-state index in [4.69, 9.17) is 20.3 Å². The number of carboxylic acids is 1. The first-order valence-corrected chi connectivity index (χ1v) is 5.64. The van der Waals surface area contributed by atoms with E-state index in [1.807, 2.05) is 0 Å². The second-order valence-electron chi connectivity index (χ2n) is 4.66. The molecule has 0 aliphatic rings. The van der Waals surface area contributed by atoms with Gasteiger partial charge in [0, 0.05) is 12.1 Å². The second kappa shape index (κ2) is 5.73. The lowest BCUT2D eigenvalue weighted by Gasteiger charge is -2.20. The highest BCUT2D eigenvalue weighted by Gasteiger charge is 2.28. The van der Waals surface area contributed by atoms with Gasteiger partial charge in [0.15, 0.2) is 0 Å². The summed E-state index contributed by atoms with van der Waals surface area (Å²) in [6, 6.07) is 5.27. The molecular formula is C13H19NO4. The Kier molecular flexibility index (Phi) is 4.55. The summed E-state index contributed by atoms with van der Waals surface area (Å²) in [5.41, 5.74) is 5.47. The average Bonchev–Trinajstić information content (AvgIpc) is 2.35. The van der Waals surface area contributed by atoms with Gasteiger partial charge in [-0.15, -0.1) is 0 Å². The molecule has 1 aromatic rings. The Bertz CT molecular complexity index is 429. The van der Waals surface area contributed by atoms with Gasteiger partial charge in [-0.1, -0.05) is 0 Å². The number of carboxylic acid groups (broad SMARTS) is 1. The van der Waals surface area contributed by atoms with Gasteiger partial charge in [-0.25, -0.2) is 0 Å². The Balaban J connectivity index is 2.82. The molecule has 0 aromatic heterocycles. The number of ether oxygens (including phenoxy) is 2. The van der Waals surface area contributed by atoms with E-state index in [9.17, 15) is 4.79 Å². The molecule has 0 spiro atoms. The fraction of sp³-hybridized carbons (Fsp3) is 0.462. The smallest absolute Gasteiger partial charge is 0.312 e. The van der Waals surface area contributed by atoms with Crippen LogP contribution in [0.3, 0.4) is 0 Å². The Hall–Kier alpha value is -1.75. The molecule has 1 rings (SSSR count). The summed E-state index contributed by atoms with van der Waals surface area (Å²) in [6.07, 6.45) is 0. The molecule has 0 unspecified atom stereocenters. The van der Waals surface area contributed by atoms with Crippen molar-refractivity contribution in [1.82, 2.24) is 0 Å². The second-order valence-corrected chi connectivity index (χ2v) is 4.66. The Morgan fingerprint density at radius 3 is 2.61 bits per heavy atom. The van der Waals surface area contributed by atoms with Crippen molar-refractivity contribution < 1.29 is 19.4 Å². The zero-order valence-corrected chi connectivity index (χ0v) is 10.9. The summed E-state index contributed by atoms with van der Waals surface area (Å²) in [4.78, 5) is 11.0. The minimum atomic E-state index is -0.939. The molecule has 0 saturated carbocycles. The molecule has 0 atom stereocenters. The van der Waals surface area contributed by atoms with Crippen LogP contribution in [0.4, 0.5) is 0 Å². The molecule has 1 aromatic carbocycles. The average molecular weight is 253 g/mol. The van der Waals surface area contributed by atoms with E-state index in [-0.39, 0.29) is 6.61 Å². The lowest BCUT2D eigenvalue weighted by atomic mass is 9.95. The van der Waals surface area contributed by atoms with E-state index in [0.717, 1.165) is 5.56 Å². The van der Waals surface area contributed by atoms with Crippen LogP contribution in [0.25, 0.3) is 0 Å². The molecule has 100 valence electrons. The minimum Gasteiger partial charge on any atom is -0.497 e. The minimum absolute atomic E-state index is 0.0850. The predicted molar refractivity (Wildman–Crippen MR) is 67.8 cm³/mol.